The van der Waals surface area contributed by atoms with Gasteiger partial charge >= 0.3 is 5.69 Å². The van der Waals surface area contributed by atoms with Crippen LogP contribution in [-0.4, -0.2) is 47.5 Å². The summed E-state index contributed by atoms with van der Waals surface area (Å²) in [6.07, 6.45) is 5.43. The second kappa shape index (κ2) is 5.16. The minimum Gasteiger partial charge on any atom is -0.363 e. The fourth-order valence-corrected chi connectivity index (χ4v) is 3.62. The monoisotopic (exact) mass is 290 g/mol. The standard InChI is InChI=1S/C15H22N4O2/c1-17(2)13-6-7-19(15(21)16-13)11-5-4-10-8-12(11)18(3)14(20)9-10/h6-7,10-12H,4-5,8-9H2,1-3H3/t10-,11+,12+/m1/s1. The van der Waals surface area contributed by atoms with Gasteiger partial charge in [-0.25, -0.2) is 4.79 Å². The zero-order chi connectivity index (χ0) is 15.1. The summed E-state index contributed by atoms with van der Waals surface area (Å²) in [5.74, 6) is 1.35. The number of likely N-dealkylation sites (N-methyl/N-ethyl adjacent to an activating group) is 1. The van der Waals surface area contributed by atoms with Gasteiger partial charge in [0.05, 0.1) is 12.1 Å². The zero-order valence-electron chi connectivity index (χ0n) is 12.8. The molecule has 1 saturated heterocycles. The molecule has 0 radical (unpaired) electrons. The van der Waals surface area contributed by atoms with Gasteiger partial charge in [-0.1, -0.05) is 0 Å². The predicted molar refractivity (Wildman–Crippen MR) is 80.4 cm³/mol. The van der Waals surface area contributed by atoms with Crippen LogP contribution in [0.1, 0.15) is 31.7 Å². The summed E-state index contributed by atoms with van der Waals surface area (Å²) < 4.78 is 1.71. The number of anilines is 1. The van der Waals surface area contributed by atoms with E-state index in [1.165, 1.54) is 0 Å². The second-order valence-corrected chi connectivity index (χ2v) is 6.39. The van der Waals surface area contributed by atoms with Gasteiger partial charge in [0.15, 0.2) is 0 Å². The summed E-state index contributed by atoms with van der Waals surface area (Å²) in [5.41, 5.74) is -0.226. The van der Waals surface area contributed by atoms with Gasteiger partial charge in [-0.15, -0.1) is 0 Å². The zero-order valence-corrected chi connectivity index (χ0v) is 12.8. The molecule has 2 aliphatic rings. The molecule has 1 aromatic rings. The molecule has 0 N–H and O–H groups in total. The Morgan fingerprint density at radius 3 is 2.67 bits per heavy atom. The highest BCUT2D eigenvalue weighted by Gasteiger charge is 2.41. The molecular formula is C15H22N4O2. The van der Waals surface area contributed by atoms with Crippen molar-refractivity contribution in [1.82, 2.24) is 14.5 Å². The molecule has 6 heteroatoms. The first-order valence-electron chi connectivity index (χ1n) is 7.49. The second-order valence-electron chi connectivity index (χ2n) is 6.39. The number of carbonyl (C=O) groups excluding carboxylic acids is 1. The van der Waals surface area contributed by atoms with E-state index in [-0.39, 0.29) is 23.7 Å². The van der Waals surface area contributed by atoms with Crippen LogP contribution in [0.25, 0.3) is 0 Å². The van der Waals surface area contributed by atoms with Gasteiger partial charge in [0.2, 0.25) is 5.91 Å². The van der Waals surface area contributed by atoms with Gasteiger partial charge < -0.3 is 9.80 Å². The van der Waals surface area contributed by atoms with Crippen molar-refractivity contribution in [1.29, 1.82) is 0 Å². The first-order chi connectivity index (χ1) is 9.97. The highest BCUT2D eigenvalue weighted by Crippen LogP contribution is 2.39. The van der Waals surface area contributed by atoms with E-state index in [9.17, 15) is 9.59 Å². The lowest BCUT2D eigenvalue weighted by atomic mass is 9.76. The van der Waals surface area contributed by atoms with Crippen LogP contribution in [0.5, 0.6) is 0 Å². The molecule has 0 spiro atoms. The van der Waals surface area contributed by atoms with Crippen molar-refractivity contribution < 1.29 is 4.79 Å². The molecule has 21 heavy (non-hydrogen) atoms. The Balaban J connectivity index is 1.93. The Kier molecular flexibility index (Phi) is 3.47. The topological polar surface area (TPSA) is 58.4 Å². The Labute approximate surface area is 124 Å². The lowest BCUT2D eigenvalue weighted by Crippen LogP contribution is -2.52. The number of carbonyl (C=O) groups is 1. The maximum atomic E-state index is 12.3. The number of hydrogen-bond acceptors (Lipinski definition) is 4. The number of nitrogens with zero attached hydrogens (tertiary/aromatic N) is 4. The summed E-state index contributed by atoms with van der Waals surface area (Å²) in [6.45, 7) is 0. The van der Waals surface area contributed by atoms with Crippen molar-refractivity contribution in [2.24, 2.45) is 5.92 Å². The van der Waals surface area contributed by atoms with E-state index < -0.39 is 0 Å². The number of rotatable bonds is 2. The lowest BCUT2D eigenvalue weighted by Gasteiger charge is -2.45. The predicted octanol–water partition coefficient (Wildman–Crippen LogP) is 0.881. The van der Waals surface area contributed by atoms with Gasteiger partial charge in [0.1, 0.15) is 5.82 Å². The molecule has 2 bridgehead atoms. The number of likely N-dealkylation sites (tertiary alicyclic amines) is 1. The van der Waals surface area contributed by atoms with E-state index in [1.54, 1.807) is 4.57 Å². The number of amides is 1. The molecule has 1 aliphatic carbocycles. The van der Waals surface area contributed by atoms with Crippen molar-refractivity contribution in [2.45, 2.75) is 37.8 Å². The number of piperidine rings is 1. The molecule has 1 aliphatic heterocycles. The maximum absolute atomic E-state index is 12.3. The first-order valence-corrected chi connectivity index (χ1v) is 7.49. The summed E-state index contributed by atoms with van der Waals surface area (Å²) in [5, 5.41) is 0. The highest BCUT2D eigenvalue weighted by atomic mass is 16.2. The van der Waals surface area contributed by atoms with Crippen LogP contribution in [0.3, 0.4) is 0 Å². The van der Waals surface area contributed by atoms with Crippen molar-refractivity contribution in [3.63, 3.8) is 0 Å². The van der Waals surface area contributed by atoms with Gasteiger partial charge in [-0.05, 0) is 31.2 Å². The average Bonchev–Trinajstić information content (AvgIpc) is 2.45. The Morgan fingerprint density at radius 2 is 2.00 bits per heavy atom. The van der Waals surface area contributed by atoms with E-state index in [1.807, 2.05) is 43.2 Å². The van der Waals surface area contributed by atoms with Gasteiger partial charge in [-0.3, -0.25) is 9.36 Å². The lowest BCUT2D eigenvalue weighted by molar-refractivity contribution is -0.140. The minimum absolute atomic E-state index is 0.0479. The van der Waals surface area contributed by atoms with Crippen LogP contribution in [0.4, 0.5) is 5.82 Å². The molecular weight excluding hydrogens is 268 g/mol. The fourth-order valence-electron chi connectivity index (χ4n) is 3.62. The highest BCUT2D eigenvalue weighted by molar-refractivity contribution is 5.77. The number of aromatic nitrogens is 2. The van der Waals surface area contributed by atoms with Crippen LogP contribution in [0.2, 0.25) is 0 Å². The summed E-state index contributed by atoms with van der Waals surface area (Å²) in [7, 11) is 5.59. The van der Waals surface area contributed by atoms with E-state index in [0.29, 0.717) is 18.2 Å². The molecule has 1 saturated carbocycles. The van der Waals surface area contributed by atoms with Crippen LogP contribution < -0.4 is 10.6 Å². The normalized spacial score (nSPS) is 28.6. The third-order valence-corrected chi connectivity index (χ3v) is 4.87. The molecule has 0 unspecified atom stereocenters. The Hall–Kier alpha value is -1.85. The molecule has 2 heterocycles. The molecule has 1 amide bonds. The number of hydrogen-bond donors (Lipinski definition) is 0. The molecule has 0 aromatic carbocycles. The van der Waals surface area contributed by atoms with Crippen LogP contribution in [-0.2, 0) is 4.79 Å². The quantitative estimate of drug-likeness (QED) is 0.811. The van der Waals surface area contributed by atoms with Gasteiger partial charge in [-0.2, -0.15) is 4.98 Å². The van der Waals surface area contributed by atoms with E-state index in [2.05, 4.69) is 4.98 Å². The maximum Gasteiger partial charge on any atom is 0.349 e. The SMILES string of the molecule is CN(C)c1ccn([C@H]2CC[C@H]3CC(=O)N(C)[C@H]2C3)c(=O)n1. The third-order valence-electron chi connectivity index (χ3n) is 4.87. The molecule has 2 fully saturated rings. The van der Waals surface area contributed by atoms with Gasteiger partial charge in [0, 0.05) is 33.8 Å². The number of fused-ring (bicyclic) bond motifs is 2. The van der Waals surface area contributed by atoms with Crippen LogP contribution in [0, 0.1) is 5.92 Å². The van der Waals surface area contributed by atoms with Crippen LogP contribution >= 0.6 is 0 Å². The van der Waals surface area contributed by atoms with E-state index >= 15 is 0 Å². The summed E-state index contributed by atoms with van der Waals surface area (Å²) in [6, 6.07) is 2.03. The Bertz CT molecular complexity index is 610. The summed E-state index contributed by atoms with van der Waals surface area (Å²) >= 11 is 0. The van der Waals surface area contributed by atoms with Crippen LogP contribution in [0.15, 0.2) is 17.1 Å². The van der Waals surface area contributed by atoms with Crippen molar-refractivity contribution in [2.75, 3.05) is 26.0 Å². The largest absolute Gasteiger partial charge is 0.363 e. The van der Waals surface area contributed by atoms with Crippen molar-refractivity contribution in [3.05, 3.63) is 22.7 Å². The first kappa shape index (κ1) is 14.1. The third kappa shape index (κ3) is 2.43. The summed E-state index contributed by atoms with van der Waals surface area (Å²) in [4.78, 5) is 32.1. The molecule has 6 nitrogen and oxygen atoms in total. The van der Waals surface area contributed by atoms with Gasteiger partial charge in [0.25, 0.3) is 0 Å². The molecule has 3 atom stereocenters. The minimum atomic E-state index is -0.226. The molecule has 114 valence electrons. The van der Waals surface area contributed by atoms with E-state index in [0.717, 1.165) is 19.3 Å². The smallest absolute Gasteiger partial charge is 0.349 e. The van der Waals surface area contributed by atoms with Crippen molar-refractivity contribution >= 4 is 11.7 Å². The molecule has 3 rings (SSSR count). The fraction of sp³-hybridized carbons (Fsp3) is 0.667. The van der Waals surface area contributed by atoms with Crippen molar-refractivity contribution in [3.8, 4) is 0 Å². The molecule has 1 aromatic heterocycles. The van der Waals surface area contributed by atoms with E-state index in [4.69, 9.17) is 0 Å². The Morgan fingerprint density at radius 1 is 1.24 bits per heavy atom. The average molecular weight is 290 g/mol.